The number of anilines is 1. The molecule has 1 aromatic carbocycles. The van der Waals surface area contributed by atoms with Crippen molar-refractivity contribution in [3.05, 3.63) is 90.0 Å². The van der Waals surface area contributed by atoms with E-state index in [1.807, 2.05) is 31.2 Å². The first-order valence-corrected chi connectivity index (χ1v) is 13.2. The fraction of sp³-hybridized carbons (Fsp3) is 0.115. The summed E-state index contributed by atoms with van der Waals surface area (Å²) in [6.07, 6.45) is 7.19. The number of benzene rings is 1. The number of nitrogens with one attached hydrogen (secondary N) is 2. The Morgan fingerprint density at radius 2 is 1.92 bits per heavy atom. The molecule has 0 aliphatic rings. The second-order valence-corrected chi connectivity index (χ2v) is 10.4. The second-order valence-electron chi connectivity index (χ2n) is 7.99. The summed E-state index contributed by atoms with van der Waals surface area (Å²) in [5.74, 6) is -2.62. The zero-order valence-corrected chi connectivity index (χ0v) is 20.7. The number of hydrogen-bond acceptors (Lipinski definition) is 5. The lowest BCUT2D eigenvalue weighted by molar-refractivity contribution is 0.103. The molecule has 0 fully saturated rings. The van der Waals surface area contributed by atoms with Crippen LogP contribution in [0.3, 0.4) is 0 Å². The van der Waals surface area contributed by atoms with Crippen LogP contribution >= 0.6 is 11.3 Å². The van der Waals surface area contributed by atoms with Gasteiger partial charge in [0.25, 0.3) is 0 Å². The van der Waals surface area contributed by atoms with E-state index < -0.39 is 34.0 Å². The lowest BCUT2D eigenvalue weighted by Crippen LogP contribution is -2.13. The maximum atomic E-state index is 15.2. The normalized spacial score (nSPS) is 12.1. The number of nitrogens with zero attached hydrogens (tertiary/aromatic N) is 2. The van der Waals surface area contributed by atoms with Crippen LogP contribution in [-0.2, 0) is 11.0 Å². The molecule has 4 heterocycles. The van der Waals surface area contributed by atoms with Gasteiger partial charge in [-0.3, -0.25) is 9.78 Å². The first kappa shape index (κ1) is 24.0. The van der Waals surface area contributed by atoms with E-state index in [4.69, 9.17) is 0 Å². The van der Waals surface area contributed by atoms with Crippen LogP contribution in [0, 0.1) is 11.6 Å². The molecular formula is C26H20F2N4O2S2. The number of rotatable bonds is 8. The van der Waals surface area contributed by atoms with Gasteiger partial charge in [-0.1, -0.05) is 13.0 Å². The molecule has 0 saturated heterocycles. The molecule has 5 rings (SSSR count). The van der Waals surface area contributed by atoms with E-state index in [-0.39, 0.29) is 11.3 Å². The fourth-order valence-corrected chi connectivity index (χ4v) is 5.67. The van der Waals surface area contributed by atoms with Gasteiger partial charge >= 0.3 is 0 Å². The number of pyridine rings is 2. The number of aromatic nitrogens is 3. The van der Waals surface area contributed by atoms with Crippen LogP contribution in [0.4, 0.5) is 14.5 Å². The highest BCUT2D eigenvalue weighted by Gasteiger charge is 2.25. The van der Waals surface area contributed by atoms with E-state index in [1.54, 1.807) is 36.0 Å². The fourth-order valence-electron chi connectivity index (χ4n) is 3.82. The summed E-state index contributed by atoms with van der Waals surface area (Å²) in [5.41, 5.74) is 1.36. The molecule has 0 amide bonds. The smallest absolute Gasteiger partial charge is 0.201 e. The van der Waals surface area contributed by atoms with E-state index in [0.717, 1.165) is 33.0 Å². The maximum absolute atomic E-state index is 15.2. The zero-order chi connectivity index (χ0) is 25.2. The van der Waals surface area contributed by atoms with Crippen molar-refractivity contribution in [2.75, 3.05) is 10.5 Å². The summed E-state index contributed by atoms with van der Waals surface area (Å²) in [6, 6.07) is 11.7. The molecule has 0 radical (unpaired) electrons. The number of hydrogen-bond donors (Lipinski definition) is 2. The molecule has 4 aromatic heterocycles. The van der Waals surface area contributed by atoms with Crippen molar-refractivity contribution in [2.45, 2.75) is 13.3 Å². The van der Waals surface area contributed by atoms with E-state index in [2.05, 4.69) is 19.7 Å². The molecule has 2 N–H and O–H groups in total. The lowest BCUT2D eigenvalue weighted by Gasteiger charge is -2.10. The summed E-state index contributed by atoms with van der Waals surface area (Å²) in [7, 11) is -1.55. The molecule has 1 atom stereocenters. The first-order chi connectivity index (χ1) is 17.5. The van der Waals surface area contributed by atoms with Crippen LogP contribution in [0.1, 0.15) is 29.3 Å². The topological polar surface area (TPSA) is 87.7 Å². The Hall–Kier alpha value is -3.76. The maximum Gasteiger partial charge on any atom is 0.201 e. The highest BCUT2D eigenvalue weighted by atomic mass is 32.2. The third kappa shape index (κ3) is 4.57. The van der Waals surface area contributed by atoms with Crippen LogP contribution in [0.25, 0.3) is 31.9 Å². The van der Waals surface area contributed by atoms with Crippen molar-refractivity contribution in [3.8, 4) is 20.9 Å². The highest BCUT2D eigenvalue weighted by Crippen LogP contribution is 2.35. The molecule has 0 saturated carbocycles. The van der Waals surface area contributed by atoms with Crippen LogP contribution in [0.15, 0.2) is 67.3 Å². The van der Waals surface area contributed by atoms with Crippen molar-refractivity contribution >= 4 is 44.8 Å². The largest absolute Gasteiger partial charge is 0.345 e. The molecule has 182 valence electrons. The van der Waals surface area contributed by atoms with Crippen molar-refractivity contribution in [1.29, 1.82) is 0 Å². The molecule has 0 bridgehead atoms. The Morgan fingerprint density at radius 1 is 1.11 bits per heavy atom. The molecule has 0 aliphatic heterocycles. The van der Waals surface area contributed by atoms with E-state index in [9.17, 15) is 13.4 Å². The Bertz CT molecular complexity index is 1600. The van der Waals surface area contributed by atoms with Gasteiger partial charge in [0.1, 0.15) is 22.5 Å². The molecule has 6 nitrogen and oxygen atoms in total. The van der Waals surface area contributed by atoms with Crippen LogP contribution in [0.2, 0.25) is 0 Å². The van der Waals surface area contributed by atoms with E-state index >= 15 is 4.39 Å². The minimum atomic E-state index is -1.55. The first-order valence-electron chi connectivity index (χ1n) is 11.1. The van der Waals surface area contributed by atoms with Gasteiger partial charge in [-0.15, -0.1) is 11.3 Å². The number of aromatic amines is 1. The Labute approximate surface area is 212 Å². The number of halogens is 2. The molecule has 1 unspecified atom stereocenters. The molecule has 0 spiro atoms. The summed E-state index contributed by atoms with van der Waals surface area (Å²) < 4.78 is 44.4. The van der Waals surface area contributed by atoms with Crippen molar-refractivity contribution < 1.29 is 17.8 Å². The SMILES string of the molecule is CCCS(=O)Nc1ccc(F)c(C(=O)c2c[nH]c3ncc(-c4ccc(-c5cccnc5)s4)cc23)c1F. The van der Waals surface area contributed by atoms with Gasteiger partial charge < -0.3 is 9.71 Å². The number of fused-ring (bicyclic) bond motifs is 1. The predicted octanol–water partition coefficient (Wildman–Crippen LogP) is 6.35. The quantitative estimate of drug-likeness (QED) is 0.233. The predicted molar refractivity (Wildman–Crippen MR) is 139 cm³/mol. The number of carbonyl (C=O) groups is 1. The van der Waals surface area contributed by atoms with Crippen LogP contribution < -0.4 is 4.72 Å². The van der Waals surface area contributed by atoms with Gasteiger partial charge in [-0.05, 0) is 42.8 Å². The summed E-state index contributed by atoms with van der Waals surface area (Å²) >= 11 is 1.55. The zero-order valence-electron chi connectivity index (χ0n) is 19.0. The average Bonchev–Trinajstić information content (AvgIpc) is 3.54. The third-order valence-electron chi connectivity index (χ3n) is 5.54. The monoisotopic (exact) mass is 522 g/mol. The third-order valence-corrected chi connectivity index (χ3v) is 7.95. The van der Waals surface area contributed by atoms with Gasteiger partial charge in [0.05, 0.1) is 11.3 Å². The van der Waals surface area contributed by atoms with Crippen molar-refractivity contribution in [1.82, 2.24) is 15.0 Å². The number of ketones is 1. The molecule has 10 heteroatoms. The molecule has 5 aromatic rings. The lowest BCUT2D eigenvalue weighted by atomic mass is 10.0. The Morgan fingerprint density at radius 3 is 2.67 bits per heavy atom. The van der Waals surface area contributed by atoms with Gasteiger partial charge in [-0.2, -0.15) is 0 Å². The standard InChI is InChI=1S/C26H20F2N4O2S2/c1-2-10-36(34)32-20-6-5-19(27)23(24(20)28)25(33)18-14-31-26-17(18)11-16(13-30-26)22-8-7-21(35-22)15-4-3-9-29-12-15/h3-9,11-14,32H,2,10H2,1H3,(H,30,31). The van der Waals surface area contributed by atoms with Gasteiger partial charge in [0, 0.05) is 62.4 Å². The summed E-state index contributed by atoms with van der Waals surface area (Å²) in [6.45, 7) is 1.84. The highest BCUT2D eigenvalue weighted by molar-refractivity contribution is 7.86. The van der Waals surface area contributed by atoms with Crippen molar-refractivity contribution in [2.24, 2.45) is 0 Å². The van der Waals surface area contributed by atoms with Gasteiger partial charge in [-0.25, -0.2) is 18.0 Å². The molecule has 0 aliphatic carbocycles. The summed E-state index contributed by atoms with van der Waals surface area (Å²) in [5, 5.41) is 0.445. The number of carbonyl (C=O) groups excluding carboxylic acids is 1. The number of thiophene rings is 1. The number of H-pyrrole nitrogens is 1. The minimum Gasteiger partial charge on any atom is -0.345 e. The molecular weight excluding hydrogens is 502 g/mol. The Kier molecular flexibility index (Phi) is 6.71. The minimum absolute atomic E-state index is 0.0908. The van der Waals surface area contributed by atoms with Gasteiger partial charge in [0.2, 0.25) is 5.78 Å². The van der Waals surface area contributed by atoms with Gasteiger partial charge in [0.15, 0.2) is 5.82 Å². The summed E-state index contributed by atoms with van der Waals surface area (Å²) in [4.78, 5) is 26.7. The van der Waals surface area contributed by atoms with Crippen LogP contribution in [-0.4, -0.2) is 30.7 Å². The Balaban J connectivity index is 1.52. The average molecular weight is 523 g/mol. The van der Waals surface area contributed by atoms with E-state index in [1.165, 1.54) is 6.20 Å². The van der Waals surface area contributed by atoms with Crippen molar-refractivity contribution in [3.63, 3.8) is 0 Å². The van der Waals surface area contributed by atoms with E-state index in [0.29, 0.717) is 23.2 Å². The second kappa shape index (κ2) is 10.1. The molecule has 36 heavy (non-hydrogen) atoms. The van der Waals surface area contributed by atoms with Crippen LogP contribution in [0.5, 0.6) is 0 Å².